The Hall–Kier alpha value is -2.92. The van der Waals surface area contributed by atoms with E-state index in [0.717, 1.165) is 27.9 Å². The Kier molecular flexibility index (Phi) is 4.54. The highest BCUT2D eigenvalue weighted by atomic mass is 35.5. The molecule has 0 amide bonds. The Bertz CT molecular complexity index is 1040. The molecule has 0 radical (unpaired) electrons. The van der Waals surface area contributed by atoms with Gasteiger partial charge in [-0.05, 0) is 31.2 Å². The van der Waals surface area contributed by atoms with E-state index in [2.05, 4.69) is 15.3 Å². The van der Waals surface area contributed by atoms with E-state index in [9.17, 15) is 0 Å². The van der Waals surface area contributed by atoms with Crippen molar-refractivity contribution in [2.24, 2.45) is 0 Å². The second-order valence-corrected chi connectivity index (χ2v) is 6.50. The van der Waals surface area contributed by atoms with Crippen molar-refractivity contribution >= 4 is 22.5 Å². The number of hydrogen-bond donors (Lipinski definition) is 0. The lowest BCUT2D eigenvalue weighted by atomic mass is 10.1. The third-order valence-electron chi connectivity index (χ3n) is 4.08. The number of ether oxygens (including phenoxy) is 1. The van der Waals surface area contributed by atoms with Crippen molar-refractivity contribution in [2.45, 2.75) is 20.1 Å². The van der Waals surface area contributed by atoms with Gasteiger partial charge in [-0.25, -0.2) is 9.67 Å². The van der Waals surface area contributed by atoms with E-state index in [1.807, 2.05) is 67.7 Å². The fourth-order valence-electron chi connectivity index (χ4n) is 2.70. The molecular weight excluding hydrogens is 348 g/mol. The summed E-state index contributed by atoms with van der Waals surface area (Å²) in [6.07, 6.45) is 1.86. The number of hydrogen-bond acceptors (Lipinski definition) is 4. The van der Waals surface area contributed by atoms with Crippen LogP contribution in [0.15, 0.2) is 60.8 Å². The molecule has 2 aromatic carbocycles. The van der Waals surface area contributed by atoms with Crippen molar-refractivity contribution in [1.29, 1.82) is 0 Å². The quantitative estimate of drug-likeness (QED) is 0.492. The Morgan fingerprint density at radius 2 is 1.88 bits per heavy atom. The van der Waals surface area contributed by atoms with Crippen molar-refractivity contribution in [3.63, 3.8) is 0 Å². The van der Waals surface area contributed by atoms with E-state index >= 15 is 0 Å². The van der Waals surface area contributed by atoms with Crippen LogP contribution in [0.2, 0.25) is 5.15 Å². The van der Waals surface area contributed by atoms with Gasteiger partial charge in [0, 0.05) is 10.9 Å². The van der Waals surface area contributed by atoms with Crippen LogP contribution in [-0.2, 0) is 13.2 Å². The van der Waals surface area contributed by atoms with Crippen LogP contribution in [0.1, 0.15) is 16.8 Å². The van der Waals surface area contributed by atoms with Crippen molar-refractivity contribution < 1.29 is 4.74 Å². The first-order valence-electron chi connectivity index (χ1n) is 8.30. The number of rotatable bonds is 5. The lowest BCUT2D eigenvalue weighted by Gasteiger charge is -2.06. The van der Waals surface area contributed by atoms with Crippen LogP contribution in [0.3, 0.4) is 0 Å². The van der Waals surface area contributed by atoms with Gasteiger partial charge in [0.25, 0.3) is 0 Å². The zero-order valence-corrected chi connectivity index (χ0v) is 15.0. The molecule has 0 aliphatic carbocycles. The lowest BCUT2D eigenvalue weighted by Crippen LogP contribution is -2.02. The molecule has 5 nitrogen and oxygen atoms in total. The molecule has 4 aromatic rings. The van der Waals surface area contributed by atoms with E-state index in [1.54, 1.807) is 4.68 Å². The summed E-state index contributed by atoms with van der Waals surface area (Å²) in [5.74, 6) is 0.812. The first-order valence-corrected chi connectivity index (χ1v) is 8.68. The van der Waals surface area contributed by atoms with E-state index in [1.165, 1.54) is 5.56 Å². The highest BCUT2D eigenvalue weighted by molar-refractivity contribution is 6.30. The lowest BCUT2D eigenvalue weighted by molar-refractivity contribution is 0.301. The molecule has 0 aliphatic heterocycles. The highest BCUT2D eigenvalue weighted by Crippen LogP contribution is 2.21. The molecule has 0 saturated heterocycles. The summed E-state index contributed by atoms with van der Waals surface area (Å²) in [6, 6.07) is 17.9. The zero-order chi connectivity index (χ0) is 17.9. The van der Waals surface area contributed by atoms with Gasteiger partial charge in [0.1, 0.15) is 23.2 Å². The number of fused-ring (bicyclic) bond motifs is 1. The molecular formula is C20H17ClN4O. The predicted octanol–water partition coefficient (Wildman–Crippen LogP) is 4.42. The third kappa shape index (κ3) is 3.68. The summed E-state index contributed by atoms with van der Waals surface area (Å²) in [5.41, 5.74) is 3.74. The van der Waals surface area contributed by atoms with Crippen molar-refractivity contribution in [3.8, 4) is 5.75 Å². The molecule has 26 heavy (non-hydrogen) atoms. The van der Waals surface area contributed by atoms with Crippen LogP contribution in [-0.4, -0.2) is 20.0 Å². The fourth-order valence-corrected chi connectivity index (χ4v) is 2.90. The first-order chi connectivity index (χ1) is 12.7. The molecule has 0 atom stereocenters. The van der Waals surface area contributed by atoms with Gasteiger partial charge in [-0.2, -0.15) is 0 Å². The summed E-state index contributed by atoms with van der Waals surface area (Å²) >= 11 is 6.32. The fraction of sp³-hybridized carbons (Fsp3) is 0.150. The average Bonchev–Trinajstić information content (AvgIpc) is 3.09. The van der Waals surface area contributed by atoms with Crippen molar-refractivity contribution in [2.75, 3.05) is 0 Å². The zero-order valence-electron chi connectivity index (χ0n) is 14.3. The van der Waals surface area contributed by atoms with Crippen molar-refractivity contribution in [1.82, 2.24) is 20.0 Å². The van der Waals surface area contributed by atoms with Gasteiger partial charge in [0.2, 0.25) is 0 Å². The number of aryl methyl sites for hydroxylation is 1. The van der Waals surface area contributed by atoms with Gasteiger partial charge in [0.15, 0.2) is 0 Å². The van der Waals surface area contributed by atoms with Gasteiger partial charge >= 0.3 is 0 Å². The Morgan fingerprint density at radius 3 is 2.73 bits per heavy atom. The minimum absolute atomic E-state index is 0.368. The summed E-state index contributed by atoms with van der Waals surface area (Å²) in [4.78, 5) is 4.44. The Morgan fingerprint density at radius 1 is 1.08 bits per heavy atom. The molecule has 6 heteroatoms. The van der Waals surface area contributed by atoms with E-state index < -0.39 is 0 Å². The van der Waals surface area contributed by atoms with Crippen LogP contribution in [0.25, 0.3) is 10.9 Å². The number of aromatic nitrogens is 4. The minimum atomic E-state index is 0.368. The average molecular weight is 365 g/mol. The Labute approximate surface area is 156 Å². The van der Waals surface area contributed by atoms with Crippen LogP contribution in [0.5, 0.6) is 5.75 Å². The summed E-state index contributed by atoms with van der Waals surface area (Å²) in [5, 5.41) is 9.85. The molecule has 0 spiro atoms. The topological polar surface area (TPSA) is 52.8 Å². The number of pyridine rings is 1. The van der Waals surface area contributed by atoms with Gasteiger partial charge < -0.3 is 4.74 Å². The highest BCUT2D eigenvalue weighted by Gasteiger charge is 2.08. The van der Waals surface area contributed by atoms with Crippen LogP contribution >= 0.6 is 11.6 Å². The second kappa shape index (κ2) is 7.14. The molecule has 130 valence electrons. The predicted molar refractivity (Wildman–Crippen MR) is 101 cm³/mol. The van der Waals surface area contributed by atoms with Crippen LogP contribution in [0.4, 0.5) is 0 Å². The normalized spacial score (nSPS) is 11.0. The van der Waals surface area contributed by atoms with E-state index in [-0.39, 0.29) is 0 Å². The second-order valence-electron chi connectivity index (χ2n) is 6.14. The largest absolute Gasteiger partial charge is 0.487 e. The molecule has 0 unspecified atom stereocenters. The van der Waals surface area contributed by atoms with Gasteiger partial charge in [-0.15, -0.1) is 5.10 Å². The molecule has 0 N–H and O–H groups in total. The number of benzene rings is 2. The standard InChI is InChI=1S/C20H17ClN4O/c1-14-6-8-18(9-7-14)26-13-17-12-25(24-23-17)11-16-10-15-4-2-3-5-19(15)22-20(16)21/h2-10,12H,11,13H2,1H3. The summed E-state index contributed by atoms with van der Waals surface area (Å²) in [6.45, 7) is 2.92. The van der Waals surface area contributed by atoms with Gasteiger partial charge in [-0.3, -0.25) is 0 Å². The maximum atomic E-state index is 6.32. The molecule has 2 aromatic heterocycles. The molecule has 4 rings (SSSR count). The summed E-state index contributed by atoms with van der Waals surface area (Å²) in [7, 11) is 0. The van der Waals surface area contributed by atoms with Gasteiger partial charge in [-0.1, -0.05) is 52.7 Å². The molecule has 0 fully saturated rings. The first kappa shape index (κ1) is 16.5. The summed E-state index contributed by atoms with van der Waals surface area (Å²) < 4.78 is 7.48. The number of halogens is 1. The van der Waals surface area contributed by atoms with Gasteiger partial charge in [0.05, 0.1) is 18.3 Å². The SMILES string of the molecule is Cc1ccc(OCc2cn(Cc3cc4ccccc4nc3Cl)nn2)cc1. The smallest absolute Gasteiger partial charge is 0.134 e. The number of para-hydroxylation sites is 1. The van der Waals surface area contributed by atoms with Crippen molar-refractivity contribution in [3.05, 3.63) is 82.8 Å². The third-order valence-corrected chi connectivity index (χ3v) is 4.40. The monoisotopic (exact) mass is 364 g/mol. The molecule has 0 aliphatic rings. The number of nitrogens with zero attached hydrogens (tertiary/aromatic N) is 4. The Balaban J connectivity index is 1.46. The maximum absolute atomic E-state index is 6.32. The van der Waals surface area contributed by atoms with Crippen LogP contribution in [0, 0.1) is 6.92 Å². The molecule has 0 saturated carbocycles. The minimum Gasteiger partial charge on any atom is -0.487 e. The van der Waals surface area contributed by atoms with E-state index in [4.69, 9.17) is 16.3 Å². The van der Waals surface area contributed by atoms with Crippen LogP contribution < -0.4 is 4.74 Å². The maximum Gasteiger partial charge on any atom is 0.134 e. The molecule has 0 bridgehead atoms. The van der Waals surface area contributed by atoms with E-state index in [0.29, 0.717) is 18.3 Å². The molecule has 2 heterocycles.